The van der Waals surface area contributed by atoms with E-state index in [9.17, 15) is 0 Å². The van der Waals surface area contributed by atoms with E-state index in [1.165, 1.54) is 22.0 Å². The molecule has 2 heterocycles. The van der Waals surface area contributed by atoms with Crippen LogP contribution in [0.25, 0.3) is 0 Å². The van der Waals surface area contributed by atoms with Crippen LogP contribution in [0, 0.1) is 0 Å². The van der Waals surface area contributed by atoms with E-state index in [-0.39, 0.29) is 0 Å². The Morgan fingerprint density at radius 3 is 3.06 bits per heavy atom. The summed E-state index contributed by atoms with van der Waals surface area (Å²) in [5.74, 6) is 0.547. The maximum Gasteiger partial charge on any atom is 0.0986 e. The monoisotopic (exact) mass is 240 g/mol. The van der Waals surface area contributed by atoms with Crippen molar-refractivity contribution >= 4 is 11.3 Å². The molecule has 1 atom stereocenters. The minimum absolute atomic E-state index is 0.547. The minimum Gasteiger partial charge on any atom is -0.381 e. The van der Waals surface area contributed by atoms with Crippen LogP contribution in [-0.4, -0.2) is 25.2 Å². The molecule has 1 aromatic heterocycles. The van der Waals surface area contributed by atoms with Crippen molar-refractivity contribution in [1.82, 2.24) is 10.3 Å². The molecule has 0 radical (unpaired) electrons. The highest BCUT2D eigenvalue weighted by Crippen LogP contribution is 2.31. The van der Waals surface area contributed by atoms with E-state index >= 15 is 0 Å². The van der Waals surface area contributed by atoms with E-state index in [2.05, 4.69) is 12.2 Å². The molecule has 0 amide bonds. The molecule has 4 heteroatoms. The molecule has 0 spiro atoms. The lowest BCUT2D eigenvalue weighted by Crippen LogP contribution is -2.05. The fourth-order valence-corrected chi connectivity index (χ4v) is 3.28. The molecular weight excluding hydrogens is 220 g/mol. The highest BCUT2D eigenvalue weighted by Gasteiger charge is 2.22. The van der Waals surface area contributed by atoms with Crippen molar-refractivity contribution in [2.45, 2.75) is 38.6 Å². The molecule has 0 aliphatic carbocycles. The first-order valence-electron chi connectivity index (χ1n) is 6.06. The van der Waals surface area contributed by atoms with Crippen molar-refractivity contribution in [2.24, 2.45) is 0 Å². The van der Waals surface area contributed by atoms with Crippen LogP contribution >= 0.6 is 11.3 Å². The molecular formula is C12H20N2OS. The number of hydrogen-bond donors (Lipinski definition) is 1. The molecule has 0 aromatic carbocycles. The van der Waals surface area contributed by atoms with Gasteiger partial charge in [-0.2, -0.15) is 0 Å². The molecule has 1 aliphatic rings. The second-order valence-corrected chi connectivity index (χ2v) is 5.38. The molecule has 1 unspecified atom stereocenters. The average molecular weight is 240 g/mol. The van der Waals surface area contributed by atoms with Gasteiger partial charge in [0.05, 0.1) is 17.3 Å². The van der Waals surface area contributed by atoms with Gasteiger partial charge in [0.2, 0.25) is 0 Å². The number of nitrogens with one attached hydrogen (secondary N) is 1. The Balaban J connectivity index is 2.15. The van der Waals surface area contributed by atoms with Crippen molar-refractivity contribution in [1.29, 1.82) is 0 Å². The average Bonchev–Trinajstić information content (AvgIpc) is 2.89. The summed E-state index contributed by atoms with van der Waals surface area (Å²) in [6.45, 7) is 4.91. The van der Waals surface area contributed by atoms with Gasteiger partial charge in [0.15, 0.2) is 0 Å². The third-order valence-corrected chi connectivity index (χ3v) is 4.16. The highest BCUT2D eigenvalue weighted by atomic mass is 32.1. The lowest BCUT2D eigenvalue weighted by atomic mass is 10.1. The van der Waals surface area contributed by atoms with Gasteiger partial charge in [-0.1, -0.05) is 13.3 Å². The molecule has 1 N–H and O–H groups in total. The van der Waals surface area contributed by atoms with Gasteiger partial charge in [-0.3, -0.25) is 0 Å². The predicted molar refractivity (Wildman–Crippen MR) is 67.0 cm³/mol. The molecule has 0 bridgehead atoms. The second-order valence-electron chi connectivity index (χ2n) is 4.26. The molecule has 90 valence electrons. The van der Waals surface area contributed by atoms with Crippen LogP contribution in [0.15, 0.2) is 0 Å². The van der Waals surface area contributed by atoms with Crippen molar-refractivity contribution < 1.29 is 4.74 Å². The number of aryl methyl sites for hydroxylation is 1. The van der Waals surface area contributed by atoms with Gasteiger partial charge in [0, 0.05) is 23.9 Å². The fraction of sp³-hybridized carbons (Fsp3) is 0.750. The van der Waals surface area contributed by atoms with Gasteiger partial charge in [-0.25, -0.2) is 4.98 Å². The van der Waals surface area contributed by atoms with Gasteiger partial charge >= 0.3 is 0 Å². The Hall–Kier alpha value is -0.450. The Labute approximate surface area is 101 Å². The van der Waals surface area contributed by atoms with Gasteiger partial charge in [-0.15, -0.1) is 11.3 Å². The van der Waals surface area contributed by atoms with Gasteiger partial charge in [0.25, 0.3) is 0 Å². The van der Waals surface area contributed by atoms with Crippen LogP contribution in [0.2, 0.25) is 0 Å². The summed E-state index contributed by atoms with van der Waals surface area (Å²) in [6.07, 6.45) is 3.40. The van der Waals surface area contributed by atoms with E-state index < -0.39 is 0 Å². The molecule has 1 saturated heterocycles. The van der Waals surface area contributed by atoms with Crippen LogP contribution in [-0.2, 0) is 17.7 Å². The summed E-state index contributed by atoms with van der Waals surface area (Å²) in [5, 5.41) is 4.51. The first kappa shape index (κ1) is 12.0. The molecule has 1 aromatic rings. The smallest absolute Gasteiger partial charge is 0.0986 e. The molecule has 0 saturated carbocycles. The maximum absolute atomic E-state index is 5.43. The van der Waals surface area contributed by atoms with E-state index in [1.807, 2.05) is 18.4 Å². The summed E-state index contributed by atoms with van der Waals surface area (Å²) in [6, 6.07) is 0. The van der Waals surface area contributed by atoms with Crippen molar-refractivity contribution in [2.75, 3.05) is 20.3 Å². The number of aromatic nitrogens is 1. The Morgan fingerprint density at radius 2 is 2.44 bits per heavy atom. The normalized spacial score (nSPS) is 20.5. The zero-order valence-electron chi connectivity index (χ0n) is 10.1. The number of ether oxygens (including phenoxy) is 1. The van der Waals surface area contributed by atoms with Crippen LogP contribution in [0.3, 0.4) is 0 Å². The maximum atomic E-state index is 5.43. The van der Waals surface area contributed by atoms with Crippen LogP contribution in [0.1, 0.15) is 41.3 Å². The molecule has 2 rings (SSSR count). The van der Waals surface area contributed by atoms with Crippen LogP contribution in [0.5, 0.6) is 0 Å². The molecule has 1 fully saturated rings. The summed E-state index contributed by atoms with van der Waals surface area (Å²) < 4.78 is 5.43. The topological polar surface area (TPSA) is 34.1 Å². The Bertz CT molecular complexity index is 308. The summed E-state index contributed by atoms with van der Waals surface area (Å²) >= 11 is 1.87. The highest BCUT2D eigenvalue weighted by molar-refractivity contribution is 7.11. The standard InChI is InChI=1S/C12H20N2OS/c1-3-4-10-11(7-13-2)16-12(14-10)9-5-6-15-8-9/h9,13H,3-8H2,1-2H3. The summed E-state index contributed by atoms with van der Waals surface area (Å²) in [7, 11) is 1.99. The van der Waals surface area contributed by atoms with Crippen molar-refractivity contribution in [3.8, 4) is 0 Å². The fourth-order valence-electron chi connectivity index (χ4n) is 2.04. The van der Waals surface area contributed by atoms with Crippen molar-refractivity contribution in [3.05, 3.63) is 15.6 Å². The van der Waals surface area contributed by atoms with E-state index in [0.29, 0.717) is 5.92 Å². The Morgan fingerprint density at radius 1 is 1.56 bits per heavy atom. The SMILES string of the molecule is CCCc1nc(C2CCOC2)sc1CNC. The summed E-state index contributed by atoms with van der Waals surface area (Å²) in [4.78, 5) is 6.21. The lowest BCUT2D eigenvalue weighted by molar-refractivity contribution is 0.194. The first-order valence-corrected chi connectivity index (χ1v) is 6.87. The first-order chi connectivity index (χ1) is 7.85. The largest absolute Gasteiger partial charge is 0.381 e. The van der Waals surface area contributed by atoms with Gasteiger partial charge in [-0.05, 0) is 19.9 Å². The van der Waals surface area contributed by atoms with Crippen LogP contribution < -0.4 is 5.32 Å². The number of thiazole rings is 1. The minimum atomic E-state index is 0.547. The second kappa shape index (κ2) is 5.75. The zero-order valence-corrected chi connectivity index (χ0v) is 10.9. The zero-order chi connectivity index (χ0) is 11.4. The lowest BCUT2D eigenvalue weighted by Gasteiger charge is -2.00. The molecule has 16 heavy (non-hydrogen) atoms. The van der Waals surface area contributed by atoms with Gasteiger partial charge in [0.1, 0.15) is 0 Å². The summed E-state index contributed by atoms with van der Waals surface area (Å²) in [5.41, 5.74) is 1.30. The third kappa shape index (κ3) is 2.62. The van der Waals surface area contributed by atoms with E-state index in [0.717, 1.165) is 32.6 Å². The van der Waals surface area contributed by atoms with E-state index in [4.69, 9.17) is 9.72 Å². The Kier molecular flexibility index (Phi) is 4.32. The van der Waals surface area contributed by atoms with Gasteiger partial charge < -0.3 is 10.1 Å². The van der Waals surface area contributed by atoms with E-state index in [1.54, 1.807) is 0 Å². The molecule has 3 nitrogen and oxygen atoms in total. The van der Waals surface area contributed by atoms with Crippen molar-refractivity contribution in [3.63, 3.8) is 0 Å². The quantitative estimate of drug-likeness (QED) is 0.857. The molecule has 1 aliphatic heterocycles. The predicted octanol–water partition coefficient (Wildman–Crippen LogP) is 2.32. The number of hydrogen-bond acceptors (Lipinski definition) is 4. The van der Waals surface area contributed by atoms with Crippen LogP contribution in [0.4, 0.5) is 0 Å². The number of rotatable bonds is 5. The third-order valence-electron chi connectivity index (χ3n) is 2.90. The number of nitrogens with zero attached hydrogens (tertiary/aromatic N) is 1.